The van der Waals surface area contributed by atoms with Gasteiger partial charge in [0.2, 0.25) is 0 Å². The summed E-state index contributed by atoms with van der Waals surface area (Å²) in [5.74, 6) is 0.996. The van der Waals surface area contributed by atoms with Gasteiger partial charge in [-0.2, -0.15) is 10.1 Å². The Labute approximate surface area is 131 Å². The fourth-order valence-electron chi connectivity index (χ4n) is 2.32. The van der Waals surface area contributed by atoms with Crippen LogP contribution in [-0.2, 0) is 0 Å². The van der Waals surface area contributed by atoms with E-state index in [0.29, 0.717) is 11.7 Å². The first-order valence-corrected chi connectivity index (χ1v) is 7.08. The van der Waals surface area contributed by atoms with Gasteiger partial charge < -0.3 is 9.09 Å². The number of rotatable bonds is 4. The van der Waals surface area contributed by atoms with Gasteiger partial charge in [-0.1, -0.05) is 5.16 Å². The van der Waals surface area contributed by atoms with Crippen LogP contribution in [0.5, 0.6) is 0 Å². The van der Waals surface area contributed by atoms with E-state index in [4.69, 9.17) is 4.52 Å². The first kappa shape index (κ1) is 13.4. The maximum atomic E-state index is 5.42. The van der Waals surface area contributed by atoms with E-state index in [1.165, 1.54) is 0 Å². The molecule has 4 aromatic heterocycles. The normalized spacial score (nSPS) is 12.4. The van der Waals surface area contributed by atoms with Crippen LogP contribution in [0.25, 0.3) is 22.7 Å². The van der Waals surface area contributed by atoms with Crippen molar-refractivity contribution in [3.05, 3.63) is 55.3 Å². The number of hydrogen-bond donors (Lipinski definition) is 1. The summed E-state index contributed by atoms with van der Waals surface area (Å²) in [5, 5.41) is 11.1. The predicted octanol–water partition coefficient (Wildman–Crippen LogP) is 2.33. The minimum atomic E-state index is -0.0660. The van der Waals surface area contributed by atoms with E-state index < -0.39 is 0 Å². The van der Waals surface area contributed by atoms with E-state index >= 15 is 0 Å². The molecule has 0 spiro atoms. The number of nitrogens with one attached hydrogen (secondary N) is 1. The molecule has 0 aliphatic carbocycles. The molecule has 0 aromatic carbocycles. The molecule has 0 saturated heterocycles. The second-order valence-corrected chi connectivity index (χ2v) is 5.04. The highest BCUT2D eigenvalue weighted by atomic mass is 16.5. The van der Waals surface area contributed by atoms with Crippen LogP contribution in [0.1, 0.15) is 18.8 Å². The van der Waals surface area contributed by atoms with Crippen LogP contribution in [0.2, 0.25) is 0 Å². The summed E-state index contributed by atoms with van der Waals surface area (Å²) in [5.41, 5.74) is 2.44. The molecular weight excluding hydrogens is 294 g/mol. The third-order valence-corrected chi connectivity index (χ3v) is 3.61. The fraction of sp³-hybridized carbons (Fsp3) is 0.133. The lowest BCUT2D eigenvalue weighted by atomic mass is 10.1. The van der Waals surface area contributed by atoms with Gasteiger partial charge in [-0.25, -0.2) is 4.98 Å². The second-order valence-electron chi connectivity index (χ2n) is 5.04. The van der Waals surface area contributed by atoms with Crippen molar-refractivity contribution < 1.29 is 4.52 Å². The first-order chi connectivity index (χ1) is 11.3. The molecule has 0 unspecified atom stereocenters. The molecule has 4 rings (SSSR count). The molecule has 0 fully saturated rings. The van der Waals surface area contributed by atoms with Gasteiger partial charge in [0.1, 0.15) is 0 Å². The maximum Gasteiger partial charge on any atom is 0.261 e. The summed E-state index contributed by atoms with van der Waals surface area (Å²) < 4.78 is 7.32. The van der Waals surface area contributed by atoms with Crippen molar-refractivity contribution in [1.29, 1.82) is 0 Å². The predicted molar refractivity (Wildman–Crippen MR) is 81.2 cm³/mol. The van der Waals surface area contributed by atoms with E-state index in [1.54, 1.807) is 31.1 Å². The van der Waals surface area contributed by atoms with Gasteiger partial charge in [0.05, 0.1) is 29.8 Å². The Hall–Kier alpha value is -3.29. The highest BCUT2D eigenvalue weighted by molar-refractivity contribution is 5.75. The fourth-order valence-corrected chi connectivity index (χ4v) is 2.32. The number of nitrogens with zero attached hydrogens (tertiary/aromatic N) is 6. The highest BCUT2D eigenvalue weighted by Crippen LogP contribution is 2.29. The quantitative estimate of drug-likeness (QED) is 0.621. The minimum absolute atomic E-state index is 0.0660. The van der Waals surface area contributed by atoms with Gasteiger partial charge in [-0.05, 0) is 19.1 Å². The van der Waals surface area contributed by atoms with Crippen LogP contribution in [0.4, 0.5) is 0 Å². The Kier molecular flexibility index (Phi) is 3.19. The van der Waals surface area contributed by atoms with Crippen molar-refractivity contribution in [1.82, 2.24) is 34.9 Å². The summed E-state index contributed by atoms with van der Waals surface area (Å²) in [7, 11) is 0. The van der Waals surface area contributed by atoms with E-state index in [0.717, 1.165) is 16.8 Å². The molecule has 0 aliphatic heterocycles. The van der Waals surface area contributed by atoms with Gasteiger partial charge in [0, 0.05) is 30.4 Å². The summed E-state index contributed by atoms with van der Waals surface area (Å²) in [6, 6.07) is 3.74. The van der Waals surface area contributed by atoms with Crippen LogP contribution >= 0.6 is 0 Å². The van der Waals surface area contributed by atoms with Crippen LogP contribution in [0, 0.1) is 0 Å². The Bertz CT molecular complexity index is 895. The zero-order valence-corrected chi connectivity index (χ0v) is 12.3. The molecule has 0 saturated carbocycles. The average Bonchev–Trinajstić information content (AvgIpc) is 3.35. The van der Waals surface area contributed by atoms with Crippen LogP contribution in [0.3, 0.4) is 0 Å². The number of aromatic amines is 1. The highest BCUT2D eigenvalue weighted by Gasteiger charge is 2.19. The number of imidazole rings is 1. The van der Waals surface area contributed by atoms with Crippen LogP contribution in [0.15, 0.2) is 54.0 Å². The Morgan fingerprint density at radius 1 is 1.22 bits per heavy atom. The lowest BCUT2D eigenvalue weighted by Crippen LogP contribution is -2.06. The number of aromatic nitrogens is 7. The second kappa shape index (κ2) is 5.48. The van der Waals surface area contributed by atoms with Crippen molar-refractivity contribution in [3.8, 4) is 22.7 Å². The summed E-state index contributed by atoms with van der Waals surface area (Å²) in [4.78, 5) is 12.6. The van der Waals surface area contributed by atoms with Crippen molar-refractivity contribution in [2.75, 3.05) is 0 Å². The average molecular weight is 307 g/mol. The molecule has 1 N–H and O–H groups in total. The van der Waals surface area contributed by atoms with Gasteiger partial charge in [0.25, 0.3) is 5.89 Å². The van der Waals surface area contributed by atoms with Gasteiger partial charge in [0.15, 0.2) is 5.82 Å². The minimum Gasteiger partial charge on any atom is -0.334 e. The smallest absolute Gasteiger partial charge is 0.261 e. The van der Waals surface area contributed by atoms with Crippen molar-refractivity contribution in [2.24, 2.45) is 0 Å². The monoisotopic (exact) mass is 307 g/mol. The van der Waals surface area contributed by atoms with Crippen molar-refractivity contribution in [2.45, 2.75) is 13.0 Å². The Balaban J connectivity index is 1.70. The Morgan fingerprint density at radius 2 is 2.17 bits per heavy atom. The summed E-state index contributed by atoms with van der Waals surface area (Å²) >= 11 is 0. The van der Waals surface area contributed by atoms with E-state index in [2.05, 4.69) is 30.3 Å². The third kappa shape index (κ3) is 2.39. The standard InChI is InChI=1S/C15H13N7O/c1-10(22-6-5-17-9-22)14-19-15(23-21-14)12-8-18-20-13(12)11-3-2-4-16-7-11/h2-10H,1H3,(H,18,20)/t10-/m1/s1. The molecule has 0 aliphatic rings. The molecular formula is C15H13N7O. The molecule has 114 valence electrons. The first-order valence-electron chi connectivity index (χ1n) is 7.08. The maximum absolute atomic E-state index is 5.42. The molecule has 23 heavy (non-hydrogen) atoms. The number of H-pyrrole nitrogens is 1. The summed E-state index contributed by atoms with van der Waals surface area (Å²) in [6.07, 6.45) is 10.4. The number of hydrogen-bond acceptors (Lipinski definition) is 6. The molecule has 4 aromatic rings. The molecule has 0 bridgehead atoms. The number of pyridine rings is 1. The topological polar surface area (TPSA) is 98.3 Å². The lowest BCUT2D eigenvalue weighted by molar-refractivity contribution is 0.412. The molecule has 1 atom stereocenters. The zero-order valence-electron chi connectivity index (χ0n) is 12.3. The molecule has 8 nitrogen and oxygen atoms in total. The molecule has 8 heteroatoms. The van der Waals surface area contributed by atoms with Crippen molar-refractivity contribution in [3.63, 3.8) is 0 Å². The largest absolute Gasteiger partial charge is 0.334 e. The third-order valence-electron chi connectivity index (χ3n) is 3.61. The van der Waals surface area contributed by atoms with Crippen LogP contribution in [-0.4, -0.2) is 34.9 Å². The lowest BCUT2D eigenvalue weighted by Gasteiger charge is -2.06. The summed E-state index contributed by atoms with van der Waals surface area (Å²) in [6.45, 7) is 1.98. The van der Waals surface area contributed by atoms with E-state index in [1.807, 2.05) is 29.8 Å². The van der Waals surface area contributed by atoms with E-state index in [9.17, 15) is 0 Å². The molecule has 0 radical (unpaired) electrons. The van der Waals surface area contributed by atoms with Crippen LogP contribution < -0.4 is 0 Å². The van der Waals surface area contributed by atoms with Gasteiger partial charge >= 0.3 is 0 Å². The van der Waals surface area contributed by atoms with Gasteiger partial charge in [-0.3, -0.25) is 10.1 Å². The SMILES string of the molecule is C[C@H](c1noc(-c2cn[nH]c2-c2cccnc2)n1)n1ccnc1. The van der Waals surface area contributed by atoms with Crippen molar-refractivity contribution >= 4 is 0 Å². The zero-order chi connectivity index (χ0) is 15.6. The Morgan fingerprint density at radius 3 is 2.96 bits per heavy atom. The molecule has 4 heterocycles. The molecule has 0 amide bonds. The van der Waals surface area contributed by atoms with E-state index in [-0.39, 0.29) is 6.04 Å². The van der Waals surface area contributed by atoms with Gasteiger partial charge in [-0.15, -0.1) is 0 Å².